The summed E-state index contributed by atoms with van der Waals surface area (Å²) in [4.78, 5) is 12.3. The van der Waals surface area contributed by atoms with E-state index in [1.165, 1.54) is 6.26 Å². The van der Waals surface area contributed by atoms with Gasteiger partial charge in [-0.3, -0.25) is 0 Å². The lowest BCUT2D eigenvalue weighted by Gasteiger charge is -2.17. The Balaban J connectivity index is 2.35. The first kappa shape index (κ1) is 15.2. The molecule has 1 unspecified atom stereocenters. The van der Waals surface area contributed by atoms with Gasteiger partial charge in [-0.1, -0.05) is 18.2 Å². The zero-order chi connectivity index (χ0) is 15.6. The fourth-order valence-electron chi connectivity index (χ4n) is 2.01. The lowest BCUT2D eigenvalue weighted by molar-refractivity contribution is 0.599. The van der Waals surface area contributed by atoms with Gasteiger partial charge in [-0.15, -0.1) is 0 Å². The van der Waals surface area contributed by atoms with E-state index in [0.29, 0.717) is 17.3 Å². The summed E-state index contributed by atoms with van der Waals surface area (Å²) in [7, 11) is -3.30. The molecule has 8 heteroatoms. The first-order chi connectivity index (χ1) is 9.77. The van der Waals surface area contributed by atoms with Crippen molar-refractivity contribution in [1.29, 1.82) is 0 Å². The normalized spacial score (nSPS) is 12.9. The SMILES string of the molecule is Cc1nc(N)nc(NC(C)c2ccccc2S(C)(=O)=O)n1. The van der Waals surface area contributed by atoms with Gasteiger partial charge in [0.05, 0.1) is 10.9 Å². The van der Waals surface area contributed by atoms with Gasteiger partial charge in [0.2, 0.25) is 11.9 Å². The molecule has 1 heterocycles. The summed E-state index contributed by atoms with van der Waals surface area (Å²) >= 11 is 0. The van der Waals surface area contributed by atoms with Crippen LogP contribution >= 0.6 is 0 Å². The van der Waals surface area contributed by atoms with Crippen molar-refractivity contribution >= 4 is 21.7 Å². The summed E-state index contributed by atoms with van der Waals surface area (Å²) in [5.74, 6) is 0.929. The molecule has 0 radical (unpaired) electrons. The minimum atomic E-state index is -3.30. The second kappa shape index (κ2) is 5.65. The highest BCUT2D eigenvalue weighted by molar-refractivity contribution is 7.90. The van der Waals surface area contributed by atoms with Crippen LogP contribution in [0, 0.1) is 6.92 Å². The van der Waals surface area contributed by atoms with Gasteiger partial charge in [-0.05, 0) is 25.5 Å². The van der Waals surface area contributed by atoms with Gasteiger partial charge in [0.15, 0.2) is 9.84 Å². The van der Waals surface area contributed by atoms with Crippen LogP contribution < -0.4 is 11.1 Å². The smallest absolute Gasteiger partial charge is 0.228 e. The molecule has 1 atom stereocenters. The number of nitrogens with one attached hydrogen (secondary N) is 1. The first-order valence-corrected chi connectivity index (χ1v) is 8.20. The zero-order valence-electron chi connectivity index (χ0n) is 12.0. The van der Waals surface area contributed by atoms with E-state index in [9.17, 15) is 8.42 Å². The summed E-state index contributed by atoms with van der Waals surface area (Å²) in [6.45, 7) is 3.54. The number of aromatic nitrogens is 3. The largest absolute Gasteiger partial charge is 0.368 e. The van der Waals surface area contributed by atoms with E-state index in [2.05, 4.69) is 20.3 Å². The van der Waals surface area contributed by atoms with Crippen molar-refractivity contribution < 1.29 is 8.42 Å². The second-order valence-electron chi connectivity index (χ2n) is 4.74. The number of nitrogens with zero attached hydrogens (tertiary/aromatic N) is 3. The molecule has 0 aliphatic carbocycles. The molecule has 21 heavy (non-hydrogen) atoms. The fourth-order valence-corrected chi connectivity index (χ4v) is 3.01. The average Bonchev–Trinajstić information content (AvgIpc) is 2.36. The van der Waals surface area contributed by atoms with E-state index >= 15 is 0 Å². The molecule has 1 aromatic heterocycles. The van der Waals surface area contributed by atoms with Crippen molar-refractivity contribution in [2.75, 3.05) is 17.3 Å². The Bertz CT molecular complexity index is 741. The topological polar surface area (TPSA) is 111 Å². The summed E-state index contributed by atoms with van der Waals surface area (Å²) in [5, 5.41) is 3.05. The molecule has 7 nitrogen and oxygen atoms in total. The monoisotopic (exact) mass is 307 g/mol. The highest BCUT2D eigenvalue weighted by Gasteiger charge is 2.18. The van der Waals surface area contributed by atoms with E-state index in [4.69, 9.17) is 5.73 Å². The first-order valence-electron chi connectivity index (χ1n) is 6.31. The lowest BCUT2D eigenvalue weighted by Crippen LogP contribution is -2.14. The standard InChI is InChI=1S/C13H17N5O2S/c1-8(15-13-17-9(2)16-12(14)18-13)10-6-4-5-7-11(10)21(3,19)20/h4-8H,1-3H3,(H3,14,15,16,17,18). The average molecular weight is 307 g/mol. The van der Waals surface area contributed by atoms with Crippen molar-refractivity contribution in [2.45, 2.75) is 24.8 Å². The van der Waals surface area contributed by atoms with Gasteiger partial charge >= 0.3 is 0 Å². The molecule has 0 saturated heterocycles. The van der Waals surface area contributed by atoms with E-state index in [-0.39, 0.29) is 16.9 Å². The quantitative estimate of drug-likeness (QED) is 0.876. The zero-order valence-corrected chi connectivity index (χ0v) is 12.8. The molecule has 0 spiro atoms. The Labute approximate surface area is 123 Å². The highest BCUT2D eigenvalue weighted by atomic mass is 32.2. The summed E-state index contributed by atoms with van der Waals surface area (Å²) in [6.07, 6.45) is 1.18. The summed E-state index contributed by atoms with van der Waals surface area (Å²) in [5.41, 5.74) is 6.22. The number of hydrogen-bond donors (Lipinski definition) is 2. The molecule has 2 rings (SSSR count). The Morgan fingerprint density at radius 3 is 2.48 bits per heavy atom. The third-order valence-electron chi connectivity index (χ3n) is 2.90. The van der Waals surface area contributed by atoms with E-state index in [1.54, 1.807) is 31.2 Å². The fraction of sp³-hybridized carbons (Fsp3) is 0.308. The van der Waals surface area contributed by atoms with Crippen LogP contribution in [-0.4, -0.2) is 29.6 Å². The second-order valence-corrected chi connectivity index (χ2v) is 6.72. The van der Waals surface area contributed by atoms with E-state index < -0.39 is 9.84 Å². The molecule has 2 aromatic rings. The van der Waals surface area contributed by atoms with Crippen LogP contribution in [0.3, 0.4) is 0 Å². The highest BCUT2D eigenvalue weighted by Crippen LogP contribution is 2.24. The number of benzene rings is 1. The van der Waals surface area contributed by atoms with Gasteiger partial charge in [0, 0.05) is 6.26 Å². The van der Waals surface area contributed by atoms with Gasteiger partial charge in [0.1, 0.15) is 5.82 Å². The van der Waals surface area contributed by atoms with Crippen LogP contribution in [0.2, 0.25) is 0 Å². The number of nitrogens with two attached hydrogens (primary N) is 1. The Hall–Kier alpha value is -2.22. The van der Waals surface area contributed by atoms with E-state index in [1.807, 2.05) is 6.92 Å². The molecular weight excluding hydrogens is 290 g/mol. The van der Waals surface area contributed by atoms with Gasteiger partial charge in [-0.25, -0.2) is 8.42 Å². The lowest BCUT2D eigenvalue weighted by atomic mass is 10.1. The summed E-state index contributed by atoms with van der Waals surface area (Å²) in [6, 6.07) is 6.52. The molecule has 0 bridgehead atoms. The maximum absolute atomic E-state index is 11.8. The molecule has 0 amide bonds. The number of nitrogen functional groups attached to an aromatic ring is 1. The molecule has 3 N–H and O–H groups in total. The van der Waals surface area contributed by atoms with Crippen molar-refractivity contribution in [3.8, 4) is 0 Å². The van der Waals surface area contributed by atoms with Crippen molar-refractivity contribution in [2.24, 2.45) is 0 Å². The van der Waals surface area contributed by atoms with Crippen molar-refractivity contribution in [1.82, 2.24) is 15.0 Å². The minimum Gasteiger partial charge on any atom is -0.368 e. The molecule has 0 aliphatic heterocycles. The molecule has 112 valence electrons. The Morgan fingerprint density at radius 2 is 1.86 bits per heavy atom. The van der Waals surface area contributed by atoms with Crippen LogP contribution in [-0.2, 0) is 9.84 Å². The third-order valence-corrected chi connectivity index (χ3v) is 4.07. The van der Waals surface area contributed by atoms with Crippen molar-refractivity contribution in [3.05, 3.63) is 35.7 Å². The number of aryl methyl sites for hydroxylation is 1. The minimum absolute atomic E-state index is 0.119. The number of rotatable bonds is 4. The van der Waals surface area contributed by atoms with Crippen LogP contribution in [0.5, 0.6) is 0 Å². The predicted octanol–water partition coefficient (Wildman–Crippen LogP) is 1.34. The van der Waals surface area contributed by atoms with Crippen molar-refractivity contribution in [3.63, 3.8) is 0 Å². The molecular formula is C13H17N5O2S. The van der Waals surface area contributed by atoms with Gasteiger partial charge < -0.3 is 11.1 Å². The number of hydrogen-bond acceptors (Lipinski definition) is 7. The molecule has 1 aromatic carbocycles. The Morgan fingerprint density at radius 1 is 1.19 bits per heavy atom. The maximum Gasteiger partial charge on any atom is 0.228 e. The number of anilines is 2. The number of sulfone groups is 1. The Kier molecular flexibility index (Phi) is 4.08. The maximum atomic E-state index is 11.8. The van der Waals surface area contributed by atoms with E-state index in [0.717, 1.165) is 0 Å². The third kappa shape index (κ3) is 3.66. The molecule has 0 fully saturated rings. The van der Waals surface area contributed by atoms with Crippen LogP contribution in [0.4, 0.5) is 11.9 Å². The summed E-state index contributed by atoms with van der Waals surface area (Å²) < 4.78 is 23.7. The molecule has 0 saturated carbocycles. The molecule has 0 aliphatic rings. The van der Waals surface area contributed by atoms with Crippen LogP contribution in [0.25, 0.3) is 0 Å². The van der Waals surface area contributed by atoms with Gasteiger partial charge in [0.25, 0.3) is 0 Å². The van der Waals surface area contributed by atoms with Crippen LogP contribution in [0.1, 0.15) is 24.4 Å². The predicted molar refractivity (Wildman–Crippen MR) is 80.6 cm³/mol. The van der Waals surface area contributed by atoms with Crippen LogP contribution in [0.15, 0.2) is 29.2 Å². The van der Waals surface area contributed by atoms with Gasteiger partial charge in [-0.2, -0.15) is 15.0 Å².